The Labute approximate surface area is 140 Å². The van der Waals surface area contributed by atoms with E-state index in [0.29, 0.717) is 5.16 Å². The predicted octanol–water partition coefficient (Wildman–Crippen LogP) is 7.40. The van der Waals surface area contributed by atoms with Crippen LogP contribution in [0.3, 0.4) is 0 Å². The topological polar surface area (TPSA) is 0 Å². The molecule has 0 aliphatic rings. The molecule has 0 spiro atoms. The highest BCUT2D eigenvalue weighted by atomic mass is 31.1. The molecule has 0 bridgehead atoms. The first-order valence-corrected chi connectivity index (χ1v) is 10.5. The summed E-state index contributed by atoms with van der Waals surface area (Å²) in [5.74, 6) is 0. The Morgan fingerprint density at radius 3 is 1.18 bits per heavy atom. The van der Waals surface area contributed by atoms with E-state index in [0.717, 1.165) is 0 Å². The van der Waals surface area contributed by atoms with Gasteiger partial charge < -0.3 is 17.3 Å². The van der Waals surface area contributed by atoms with Crippen LogP contribution in [0.2, 0.25) is 0 Å². The molecule has 0 rings (SSSR count). The van der Waals surface area contributed by atoms with Crippen molar-refractivity contribution in [2.24, 2.45) is 0 Å². The van der Waals surface area contributed by atoms with Crippen LogP contribution in [0.4, 0.5) is 17.3 Å². The van der Waals surface area contributed by atoms with Crippen LogP contribution in [0.1, 0.15) is 79.6 Å². The molecular weight excluding hydrogens is 329 g/mol. The van der Waals surface area contributed by atoms with Crippen LogP contribution in [0, 0.1) is 0 Å². The van der Waals surface area contributed by atoms with Crippen LogP contribution < -0.4 is 0 Å². The van der Waals surface area contributed by atoms with Crippen LogP contribution in [-0.4, -0.2) is 24.7 Å². The van der Waals surface area contributed by atoms with Gasteiger partial charge in [0.2, 0.25) is 0 Å². The van der Waals surface area contributed by atoms with Gasteiger partial charge in [-0.2, -0.15) is 0 Å². The SMILES string of the molecule is CCC(P)(CC)CC.CCCCPCCCC.F[B-](F)(F)F. The highest BCUT2D eigenvalue weighted by Gasteiger charge is 2.20. The molecule has 0 heterocycles. The highest BCUT2D eigenvalue weighted by molar-refractivity contribution is 7.37. The first kappa shape index (κ1) is 27.5. The molecule has 0 N–H and O–H groups in total. The first-order chi connectivity index (χ1) is 10.1. The zero-order valence-corrected chi connectivity index (χ0v) is 17.2. The summed E-state index contributed by atoms with van der Waals surface area (Å²) in [5, 5.41) is 0.542. The molecule has 1 unspecified atom stereocenters. The normalized spacial score (nSPS) is 11.2. The number of hydrogen-bond donors (Lipinski definition) is 0. The average Bonchev–Trinajstić information content (AvgIpc) is 2.45. The van der Waals surface area contributed by atoms with E-state index in [1.54, 1.807) is 0 Å². The molecule has 0 aliphatic heterocycles. The van der Waals surface area contributed by atoms with Crippen molar-refractivity contribution in [2.45, 2.75) is 84.7 Å². The second-order valence-corrected chi connectivity index (χ2v) is 8.10. The minimum atomic E-state index is -6.00. The molecule has 1 atom stereocenters. The van der Waals surface area contributed by atoms with E-state index >= 15 is 0 Å². The Hall–Kier alpha value is 0.645. The number of rotatable bonds is 9. The van der Waals surface area contributed by atoms with Crippen LogP contribution in [0.25, 0.3) is 0 Å². The van der Waals surface area contributed by atoms with E-state index in [4.69, 9.17) is 0 Å². The fraction of sp³-hybridized carbons (Fsp3) is 1.00. The largest absolute Gasteiger partial charge is 0.673 e. The highest BCUT2D eigenvalue weighted by Crippen LogP contribution is 2.29. The van der Waals surface area contributed by atoms with E-state index in [1.807, 2.05) is 0 Å². The maximum Gasteiger partial charge on any atom is 0.673 e. The van der Waals surface area contributed by atoms with Crippen molar-refractivity contribution in [3.63, 3.8) is 0 Å². The third kappa shape index (κ3) is 32.6. The van der Waals surface area contributed by atoms with E-state index in [9.17, 15) is 17.3 Å². The van der Waals surface area contributed by atoms with Gasteiger partial charge in [0, 0.05) is 0 Å². The maximum absolute atomic E-state index is 9.75. The minimum absolute atomic E-state index is 0.542. The zero-order chi connectivity index (χ0) is 18.1. The van der Waals surface area contributed by atoms with Crippen molar-refractivity contribution in [3.8, 4) is 0 Å². The molecule has 22 heavy (non-hydrogen) atoms. The molecule has 0 radical (unpaired) electrons. The predicted molar refractivity (Wildman–Crippen MR) is 101 cm³/mol. The molecular formula is C15H36BF4P2-. The average molecular weight is 365 g/mol. The summed E-state index contributed by atoms with van der Waals surface area (Å²) < 4.78 is 39.0. The molecule has 0 aromatic carbocycles. The molecule has 0 aromatic rings. The summed E-state index contributed by atoms with van der Waals surface area (Å²) in [6, 6.07) is 0. The smallest absolute Gasteiger partial charge is 0.418 e. The first-order valence-electron chi connectivity index (χ1n) is 8.46. The zero-order valence-electron chi connectivity index (χ0n) is 15.0. The third-order valence-electron chi connectivity index (χ3n) is 3.53. The Bertz CT molecular complexity index is 190. The summed E-state index contributed by atoms with van der Waals surface area (Å²) >= 11 is 0. The van der Waals surface area contributed by atoms with E-state index in [-0.39, 0.29) is 0 Å². The Kier molecular flexibility index (Phi) is 22.5. The molecule has 0 saturated heterocycles. The third-order valence-corrected chi connectivity index (χ3v) is 6.17. The van der Waals surface area contributed by atoms with Crippen molar-refractivity contribution < 1.29 is 17.3 Å². The summed E-state index contributed by atoms with van der Waals surface area (Å²) in [6.07, 6.45) is 12.5. The van der Waals surface area contributed by atoms with Gasteiger partial charge >= 0.3 is 7.25 Å². The van der Waals surface area contributed by atoms with Crippen LogP contribution in [-0.2, 0) is 0 Å². The molecule has 0 aromatic heterocycles. The van der Waals surface area contributed by atoms with Gasteiger partial charge in [0.25, 0.3) is 0 Å². The quantitative estimate of drug-likeness (QED) is 0.173. The van der Waals surface area contributed by atoms with Crippen molar-refractivity contribution in [1.82, 2.24) is 0 Å². The Morgan fingerprint density at radius 2 is 1.05 bits per heavy atom. The monoisotopic (exact) mass is 365 g/mol. The molecule has 0 nitrogen and oxygen atoms in total. The molecule has 7 heteroatoms. The fourth-order valence-electron chi connectivity index (χ4n) is 1.48. The molecule has 138 valence electrons. The Morgan fingerprint density at radius 1 is 0.773 bits per heavy atom. The Balaban J connectivity index is -0.000000257. The molecule has 0 saturated carbocycles. The van der Waals surface area contributed by atoms with Crippen molar-refractivity contribution in [1.29, 1.82) is 0 Å². The van der Waals surface area contributed by atoms with Gasteiger partial charge in [-0.25, -0.2) is 0 Å². The van der Waals surface area contributed by atoms with Crippen LogP contribution >= 0.6 is 17.8 Å². The van der Waals surface area contributed by atoms with Gasteiger partial charge in [0.15, 0.2) is 0 Å². The van der Waals surface area contributed by atoms with Gasteiger partial charge in [0.1, 0.15) is 0 Å². The van der Waals surface area contributed by atoms with Gasteiger partial charge in [-0.05, 0) is 49.6 Å². The van der Waals surface area contributed by atoms with Gasteiger partial charge in [-0.15, -0.1) is 17.8 Å². The van der Waals surface area contributed by atoms with Gasteiger partial charge in [-0.1, -0.05) is 47.5 Å². The lowest BCUT2D eigenvalue weighted by atomic mass is 9.99. The van der Waals surface area contributed by atoms with E-state index in [2.05, 4.69) is 43.9 Å². The lowest BCUT2D eigenvalue weighted by Crippen LogP contribution is -2.15. The van der Waals surface area contributed by atoms with Crippen LogP contribution in [0.15, 0.2) is 0 Å². The minimum Gasteiger partial charge on any atom is -0.418 e. The number of hydrogen-bond acceptors (Lipinski definition) is 0. The van der Waals surface area contributed by atoms with Crippen LogP contribution in [0.5, 0.6) is 0 Å². The van der Waals surface area contributed by atoms with Crippen molar-refractivity contribution in [3.05, 3.63) is 0 Å². The summed E-state index contributed by atoms with van der Waals surface area (Å²) in [5.41, 5.74) is 0. The number of unbranched alkanes of at least 4 members (excludes halogenated alkanes) is 2. The molecule has 0 fully saturated rings. The fourth-order valence-corrected chi connectivity index (χ4v) is 2.94. The standard InChI is InChI=1S/C8H19P.C7H17P.BF4/c1-3-5-7-9-8-6-4-2;1-4-7(8,5-2)6-3;2-1(3,4)5/h9H,3-8H2,1-2H3;4-6,8H2,1-3H3;/q;;-1. The van der Waals surface area contributed by atoms with E-state index < -0.39 is 7.25 Å². The summed E-state index contributed by atoms with van der Waals surface area (Å²) in [4.78, 5) is 0. The molecule has 0 aliphatic carbocycles. The number of halogens is 4. The van der Waals surface area contributed by atoms with E-state index in [1.165, 1.54) is 65.9 Å². The lowest BCUT2D eigenvalue weighted by molar-refractivity contribution is 0.368. The van der Waals surface area contributed by atoms with Crippen molar-refractivity contribution >= 4 is 25.1 Å². The van der Waals surface area contributed by atoms with Gasteiger partial charge in [-0.3, -0.25) is 0 Å². The summed E-state index contributed by atoms with van der Waals surface area (Å²) in [6.45, 7) is 11.3. The molecule has 0 amide bonds. The maximum atomic E-state index is 9.75. The lowest BCUT2D eigenvalue weighted by Gasteiger charge is -2.23. The van der Waals surface area contributed by atoms with Crippen molar-refractivity contribution in [2.75, 3.05) is 12.3 Å². The van der Waals surface area contributed by atoms with Gasteiger partial charge in [0.05, 0.1) is 0 Å². The second kappa shape index (κ2) is 18.0. The summed E-state index contributed by atoms with van der Waals surface area (Å²) in [7, 11) is -1.81. The second-order valence-electron chi connectivity index (χ2n) is 5.38.